The highest BCUT2D eigenvalue weighted by Crippen LogP contribution is 2.29. The lowest BCUT2D eigenvalue weighted by molar-refractivity contribution is 0.0743. The van der Waals surface area contributed by atoms with E-state index in [-0.39, 0.29) is 17.7 Å². The molecule has 8 nitrogen and oxygen atoms in total. The first-order valence-corrected chi connectivity index (χ1v) is 13.4. The highest BCUT2D eigenvalue weighted by atomic mass is 16.5. The van der Waals surface area contributed by atoms with Gasteiger partial charge in [0.05, 0.1) is 12.7 Å². The second-order valence-corrected chi connectivity index (χ2v) is 10.1. The van der Waals surface area contributed by atoms with Crippen LogP contribution in [0, 0.1) is 6.92 Å². The standard InChI is InChI=1S/C31H34N4O4/c1-22-5-7-23(8-6-22)29(36)32-25-11-14-28(27(21-25)31(38)34-15-3-4-16-34)33-17-19-35(20-18-33)30(37)24-9-12-26(39-2)13-10-24/h5-14,21H,3-4,15-20H2,1-2H3,(H,32,36). The van der Waals surface area contributed by atoms with E-state index < -0.39 is 0 Å². The number of aryl methyl sites for hydroxylation is 1. The Morgan fingerprint density at radius 2 is 1.33 bits per heavy atom. The highest BCUT2D eigenvalue weighted by molar-refractivity contribution is 6.06. The molecule has 0 atom stereocenters. The number of anilines is 2. The van der Waals surface area contributed by atoms with Crippen LogP contribution in [-0.2, 0) is 0 Å². The van der Waals surface area contributed by atoms with Crippen molar-refractivity contribution in [2.75, 3.05) is 56.6 Å². The molecule has 2 aliphatic heterocycles. The molecule has 2 fully saturated rings. The summed E-state index contributed by atoms with van der Waals surface area (Å²) in [7, 11) is 1.60. The topological polar surface area (TPSA) is 82.2 Å². The summed E-state index contributed by atoms with van der Waals surface area (Å²) >= 11 is 0. The van der Waals surface area contributed by atoms with Gasteiger partial charge in [-0.05, 0) is 74.4 Å². The number of likely N-dealkylation sites (tertiary alicyclic amines) is 1. The molecule has 2 heterocycles. The quantitative estimate of drug-likeness (QED) is 0.513. The second-order valence-electron chi connectivity index (χ2n) is 10.1. The number of carbonyl (C=O) groups excluding carboxylic acids is 3. The van der Waals surface area contributed by atoms with E-state index in [1.807, 2.05) is 41.0 Å². The van der Waals surface area contributed by atoms with Crippen LogP contribution in [0.5, 0.6) is 5.75 Å². The number of methoxy groups -OCH3 is 1. The Balaban J connectivity index is 1.33. The zero-order chi connectivity index (χ0) is 27.4. The molecule has 0 bridgehead atoms. The van der Waals surface area contributed by atoms with Gasteiger partial charge >= 0.3 is 0 Å². The summed E-state index contributed by atoms with van der Waals surface area (Å²) in [5.74, 6) is 0.462. The van der Waals surface area contributed by atoms with Gasteiger partial charge in [-0.1, -0.05) is 17.7 Å². The molecule has 0 aromatic heterocycles. The van der Waals surface area contributed by atoms with Crippen LogP contribution in [0.25, 0.3) is 0 Å². The van der Waals surface area contributed by atoms with Crippen molar-refractivity contribution >= 4 is 29.1 Å². The summed E-state index contributed by atoms with van der Waals surface area (Å²) in [6.45, 7) is 5.77. The van der Waals surface area contributed by atoms with Gasteiger partial charge in [0.25, 0.3) is 17.7 Å². The number of ether oxygens (including phenoxy) is 1. The number of piperazine rings is 1. The van der Waals surface area contributed by atoms with E-state index in [2.05, 4.69) is 10.2 Å². The van der Waals surface area contributed by atoms with Crippen LogP contribution in [0.4, 0.5) is 11.4 Å². The summed E-state index contributed by atoms with van der Waals surface area (Å²) in [5, 5.41) is 2.95. The molecule has 202 valence electrons. The van der Waals surface area contributed by atoms with E-state index in [0.29, 0.717) is 54.3 Å². The molecule has 39 heavy (non-hydrogen) atoms. The molecule has 1 N–H and O–H groups in total. The van der Waals surface area contributed by atoms with Crippen LogP contribution in [0.1, 0.15) is 49.5 Å². The summed E-state index contributed by atoms with van der Waals surface area (Å²) in [6, 6.07) is 20.1. The molecule has 0 radical (unpaired) electrons. The fraction of sp³-hybridized carbons (Fsp3) is 0.323. The SMILES string of the molecule is COc1ccc(C(=O)N2CCN(c3ccc(NC(=O)c4ccc(C)cc4)cc3C(=O)N3CCCC3)CC2)cc1. The van der Waals surface area contributed by atoms with Crippen molar-refractivity contribution in [1.29, 1.82) is 0 Å². The molecule has 0 spiro atoms. The van der Waals surface area contributed by atoms with Crippen LogP contribution >= 0.6 is 0 Å². The van der Waals surface area contributed by atoms with Crippen LogP contribution < -0.4 is 15.0 Å². The summed E-state index contributed by atoms with van der Waals surface area (Å²) in [6.07, 6.45) is 1.99. The molecule has 2 saturated heterocycles. The fourth-order valence-electron chi connectivity index (χ4n) is 5.13. The molecule has 3 aromatic rings. The average molecular weight is 527 g/mol. The van der Waals surface area contributed by atoms with Gasteiger partial charge in [-0.2, -0.15) is 0 Å². The van der Waals surface area contributed by atoms with Gasteiger partial charge in [0.1, 0.15) is 5.75 Å². The number of hydrogen-bond donors (Lipinski definition) is 1. The number of nitrogens with zero attached hydrogens (tertiary/aromatic N) is 3. The minimum absolute atomic E-state index is 0.0140. The third-order valence-electron chi connectivity index (χ3n) is 7.44. The van der Waals surface area contributed by atoms with Crippen LogP contribution in [0.2, 0.25) is 0 Å². The zero-order valence-corrected chi connectivity index (χ0v) is 22.5. The molecule has 0 saturated carbocycles. The Hall–Kier alpha value is -4.33. The van der Waals surface area contributed by atoms with E-state index in [1.54, 1.807) is 49.6 Å². The Bertz CT molecular complexity index is 1340. The predicted molar refractivity (Wildman–Crippen MR) is 152 cm³/mol. The maximum absolute atomic E-state index is 13.6. The predicted octanol–water partition coefficient (Wildman–Crippen LogP) is 4.45. The van der Waals surface area contributed by atoms with Crippen molar-refractivity contribution in [2.24, 2.45) is 0 Å². The van der Waals surface area contributed by atoms with Crippen LogP contribution in [0.3, 0.4) is 0 Å². The third-order valence-corrected chi connectivity index (χ3v) is 7.44. The molecular weight excluding hydrogens is 492 g/mol. The number of benzene rings is 3. The van der Waals surface area contributed by atoms with Gasteiger partial charge in [0.2, 0.25) is 0 Å². The molecule has 3 aromatic carbocycles. The molecule has 0 aliphatic carbocycles. The lowest BCUT2D eigenvalue weighted by Gasteiger charge is -2.37. The maximum atomic E-state index is 13.6. The average Bonchev–Trinajstić information content (AvgIpc) is 3.52. The van der Waals surface area contributed by atoms with Gasteiger partial charge in [-0.15, -0.1) is 0 Å². The van der Waals surface area contributed by atoms with Crippen molar-refractivity contribution in [1.82, 2.24) is 9.80 Å². The van der Waals surface area contributed by atoms with Gasteiger partial charge in [0, 0.05) is 61.8 Å². The van der Waals surface area contributed by atoms with E-state index >= 15 is 0 Å². The first-order chi connectivity index (χ1) is 18.9. The molecule has 0 unspecified atom stereocenters. The Morgan fingerprint density at radius 1 is 0.718 bits per heavy atom. The van der Waals surface area contributed by atoms with Crippen molar-refractivity contribution in [3.05, 3.63) is 89.0 Å². The lowest BCUT2D eigenvalue weighted by Crippen LogP contribution is -2.49. The minimum atomic E-state index is -0.215. The fourth-order valence-corrected chi connectivity index (χ4v) is 5.13. The lowest BCUT2D eigenvalue weighted by atomic mass is 10.1. The molecular formula is C31H34N4O4. The zero-order valence-electron chi connectivity index (χ0n) is 22.5. The third kappa shape index (κ3) is 5.90. The van der Waals surface area contributed by atoms with E-state index in [9.17, 15) is 14.4 Å². The first kappa shape index (κ1) is 26.3. The largest absolute Gasteiger partial charge is 0.497 e. The number of rotatable bonds is 6. The maximum Gasteiger partial charge on any atom is 0.256 e. The summed E-state index contributed by atoms with van der Waals surface area (Å²) in [4.78, 5) is 45.3. The van der Waals surface area contributed by atoms with Crippen molar-refractivity contribution in [3.63, 3.8) is 0 Å². The molecule has 3 amide bonds. The van der Waals surface area contributed by atoms with Gasteiger partial charge < -0.3 is 24.8 Å². The van der Waals surface area contributed by atoms with Crippen LogP contribution in [0.15, 0.2) is 66.7 Å². The minimum Gasteiger partial charge on any atom is -0.497 e. The summed E-state index contributed by atoms with van der Waals surface area (Å²) in [5.41, 5.74) is 4.27. The Kier molecular flexibility index (Phi) is 7.81. The van der Waals surface area contributed by atoms with E-state index in [4.69, 9.17) is 4.74 Å². The normalized spacial score (nSPS) is 15.3. The number of hydrogen-bond acceptors (Lipinski definition) is 5. The van der Waals surface area contributed by atoms with Gasteiger partial charge in [0.15, 0.2) is 0 Å². The van der Waals surface area contributed by atoms with Crippen molar-refractivity contribution in [3.8, 4) is 5.75 Å². The number of carbonyl (C=O) groups is 3. The van der Waals surface area contributed by atoms with E-state index in [1.165, 1.54) is 0 Å². The van der Waals surface area contributed by atoms with Gasteiger partial charge in [-0.3, -0.25) is 14.4 Å². The smallest absolute Gasteiger partial charge is 0.256 e. The number of amides is 3. The Morgan fingerprint density at radius 3 is 1.97 bits per heavy atom. The molecule has 5 rings (SSSR count). The second kappa shape index (κ2) is 11.6. The van der Waals surface area contributed by atoms with Gasteiger partial charge in [-0.25, -0.2) is 0 Å². The van der Waals surface area contributed by atoms with Crippen molar-refractivity contribution < 1.29 is 19.1 Å². The van der Waals surface area contributed by atoms with E-state index in [0.717, 1.165) is 37.2 Å². The highest BCUT2D eigenvalue weighted by Gasteiger charge is 2.28. The summed E-state index contributed by atoms with van der Waals surface area (Å²) < 4.78 is 5.20. The molecule has 8 heteroatoms. The Labute approximate surface area is 229 Å². The van der Waals surface area contributed by atoms with Crippen molar-refractivity contribution in [2.45, 2.75) is 19.8 Å². The van der Waals surface area contributed by atoms with Crippen LogP contribution in [-0.4, -0.2) is 73.9 Å². The first-order valence-electron chi connectivity index (χ1n) is 13.4. The number of nitrogens with one attached hydrogen (secondary N) is 1. The monoisotopic (exact) mass is 526 g/mol. The molecule has 2 aliphatic rings.